The summed E-state index contributed by atoms with van der Waals surface area (Å²) in [7, 11) is 1.53. The van der Waals surface area contributed by atoms with Gasteiger partial charge in [0.15, 0.2) is 11.0 Å². The zero-order valence-corrected chi connectivity index (χ0v) is 20.2. The molecule has 2 aromatic carbocycles. The molecule has 0 aliphatic carbocycles. The Balaban J connectivity index is 1.69. The smallest absolute Gasteiger partial charge is 0.335 e. The minimum Gasteiger partial charge on any atom is -0.497 e. The number of amides is 2. The normalized spacial score (nSPS) is 11.4. The number of allylic oxidation sites excluding steroid dienone is 1. The fraction of sp³-hybridized carbons (Fsp3) is 0.208. The summed E-state index contributed by atoms with van der Waals surface area (Å²) in [6, 6.07) is 11.6. The van der Waals surface area contributed by atoms with Crippen LogP contribution >= 0.6 is 11.8 Å². The minimum atomic E-state index is -1.09. The predicted octanol–water partition coefficient (Wildman–Crippen LogP) is 2.37. The molecule has 0 aliphatic rings. The van der Waals surface area contributed by atoms with Gasteiger partial charge >= 0.3 is 5.97 Å². The number of aromatic nitrogens is 3. The third-order valence-corrected chi connectivity index (χ3v) is 5.90. The standard InChI is InChI=1S/C24H25N5O6S/c1-3-11-29-21(19(13-30)26-22(32)15-7-9-18(35-2)10-8-15)27-28-24(29)36-14-20(31)25-17-6-4-5-16(12-17)23(33)34/h3-10,12,19,30H,1,11,13-14H2,2H3,(H,25,31)(H,26,32)(H,33,34). The number of aliphatic hydroxyl groups is 1. The number of anilines is 1. The number of hydrogen-bond acceptors (Lipinski definition) is 8. The third kappa shape index (κ3) is 6.71. The number of nitrogens with one attached hydrogen (secondary N) is 2. The largest absolute Gasteiger partial charge is 0.497 e. The van der Waals surface area contributed by atoms with Crippen molar-refractivity contribution < 1.29 is 29.3 Å². The number of aliphatic hydroxyl groups excluding tert-OH is 1. The van der Waals surface area contributed by atoms with Gasteiger partial charge in [-0.1, -0.05) is 23.9 Å². The predicted molar refractivity (Wildman–Crippen MR) is 133 cm³/mol. The van der Waals surface area contributed by atoms with E-state index in [0.29, 0.717) is 28.0 Å². The van der Waals surface area contributed by atoms with Gasteiger partial charge in [-0.05, 0) is 42.5 Å². The van der Waals surface area contributed by atoms with Crippen molar-refractivity contribution in [2.24, 2.45) is 0 Å². The molecule has 1 heterocycles. The fourth-order valence-corrected chi connectivity index (χ4v) is 3.95. The SMILES string of the molecule is C=CCn1c(SCC(=O)Nc2cccc(C(=O)O)c2)nnc1C(CO)NC(=O)c1ccc(OC)cc1. The number of methoxy groups -OCH3 is 1. The van der Waals surface area contributed by atoms with Crippen molar-refractivity contribution in [1.29, 1.82) is 0 Å². The molecule has 0 saturated heterocycles. The van der Waals surface area contributed by atoms with Gasteiger partial charge in [-0.3, -0.25) is 9.59 Å². The van der Waals surface area contributed by atoms with Gasteiger partial charge in [-0.2, -0.15) is 0 Å². The average Bonchev–Trinajstić information content (AvgIpc) is 3.28. The van der Waals surface area contributed by atoms with Gasteiger partial charge in [0, 0.05) is 17.8 Å². The van der Waals surface area contributed by atoms with E-state index in [1.54, 1.807) is 41.0 Å². The molecular weight excluding hydrogens is 486 g/mol. The number of thioether (sulfide) groups is 1. The molecule has 12 heteroatoms. The maximum atomic E-state index is 12.7. The van der Waals surface area contributed by atoms with Crippen LogP contribution in [0.5, 0.6) is 5.75 Å². The number of benzene rings is 2. The summed E-state index contributed by atoms with van der Waals surface area (Å²) >= 11 is 1.10. The van der Waals surface area contributed by atoms with Crippen LogP contribution in [-0.2, 0) is 11.3 Å². The highest BCUT2D eigenvalue weighted by atomic mass is 32.2. The maximum absolute atomic E-state index is 12.7. The van der Waals surface area contributed by atoms with Crippen molar-refractivity contribution in [3.63, 3.8) is 0 Å². The van der Waals surface area contributed by atoms with Gasteiger partial charge in [0.05, 0.1) is 25.0 Å². The van der Waals surface area contributed by atoms with Crippen molar-refractivity contribution in [1.82, 2.24) is 20.1 Å². The molecule has 4 N–H and O–H groups in total. The Bertz CT molecular complexity index is 1240. The molecule has 0 saturated carbocycles. The zero-order valence-electron chi connectivity index (χ0n) is 19.4. The Morgan fingerprint density at radius 3 is 2.56 bits per heavy atom. The molecule has 0 spiro atoms. The number of carbonyl (C=O) groups is 3. The lowest BCUT2D eigenvalue weighted by Gasteiger charge is -2.17. The van der Waals surface area contributed by atoms with E-state index >= 15 is 0 Å². The number of carboxylic acids is 1. The molecule has 2 amide bonds. The highest BCUT2D eigenvalue weighted by molar-refractivity contribution is 7.99. The zero-order chi connectivity index (χ0) is 26.1. The first kappa shape index (κ1) is 26.4. The summed E-state index contributed by atoms with van der Waals surface area (Å²) in [5.41, 5.74) is 0.792. The van der Waals surface area contributed by atoms with Crippen molar-refractivity contribution in [3.8, 4) is 5.75 Å². The third-order valence-electron chi connectivity index (χ3n) is 4.93. The summed E-state index contributed by atoms with van der Waals surface area (Å²) < 4.78 is 6.74. The van der Waals surface area contributed by atoms with Crippen LogP contribution in [0.3, 0.4) is 0 Å². The summed E-state index contributed by atoms with van der Waals surface area (Å²) in [6.45, 7) is 3.58. The average molecular weight is 512 g/mol. The monoisotopic (exact) mass is 511 g/mol. The highest BCUT2D eigenvalue weighted by Gasteiger charge is 2.23. The lowest BCUT2D eigenvalue weighted by Crippen LogP contribution is -2.33. The van der Waals surface area contributed by atoms with Crippen molar-refractivity contribution in [2.75, 3.05) is 24.8 Å². The van der Waals surface area contributed by atoms with Crippen LogP contribution in [0.4, 0.5) is 5.69 Å². The Kier molecular flexibility index (Phi) is 9.19. The summed E-state index contributed by atoms with van der Waals surface area (Å²) in [5, 5.41) is 33.0. The molecule has 36 heavy (non-hydrogen) atoms. The van der Waals surface area contributed by atoms with Crippen LogP contribution in [0.25, 0.3) is 0 Å². The van der Waals surface area contributed by atoms with Gasteiger partial charge in [-0.25, -0.2) is 4.79 Å². The molecule has 1 unspecified atom stereocenters. The van der Waals surface area contributed by atoms with E-state index < -0.39 is 24.5 Å². The van der Waals surface area contributed by atoms with Gasteiger partial charge in [0.1, 0.15) is 11.8 Å². The molecule has 11 nitrogen and oxygen atoms in total. The quantitative estimate of drug-likeness (QED) is 0.212. The van der Waals surface area contributed by atoms with Crippen LogP contribution in [0.15, 0.2) is 66.3 Å². The summed E-state index contributed by atoms with van der Waals surface area (Å²) in [4.78, 5) is 36.2. The van der Waals surface area contributed by atoms with Crippen molar-refractivity contribution in [3.05, 3.63) is 78.1 Å². The summed E-state index contributed by atoms with van der Waals surface area (Å²) in [6.07, 6.45) is 1.61. The first-order valence-corrected chi connectivity index (χ1v) is 11.7. The second-order valence-corrected chi connectivity index (χ2v) is 8.34. The van der Waals surface area contributed by atoms with E-state index in [1.807, 2.05) is 0 Å². The van der Waals surface area contributed by atoms with E-state index in [4.69, 9.17) is 9.84 Å². The maximum Gasteiger partial charge on any atom is 0.335 e. The molecule has 0 fully saturated rings. The van der Waals surface area contributed by atoms with Crippen molar-refractivity contribution in [2.45, 2.75) is 17.7 Å². The number of hydrogen-bond donors (Lipinski definition) is 4. The molecule has 0 aliphatic heterocycles. The molecular formula is C24H25N5O6S. The van der Waals surface area contributed by atoms with E-state index in [-0.39, 0.29) is 23.8 Å². The molecule has 1 aromatic heterocycles. The van der Waals surface area contributed by atoms with E-state index in [9.17, 15) is 19.5 Å². The highest BCUT2D eigenvalue weighted by Crippen LogP contribution is 2.22. The first-order chi connectivity index (χ1) is 17.4. The minimum absolute atomic E-state index is 0.0332. The Morgan fingerprint density at radius 2 is 1.92 bits per heavy atom. The number of ether oxygens (including phenoxy) is 1. The van der Waals surface area contributed by atoms with Gasteiger partial charge < -0.3 is 30.2 Å². The second kappa shape index (κ2) is 12.5. The van der Waals surface area contributed by atoms with Gasteiger partial charge in [-0.15, -0.1) is 16.8 Å². The lowest BCUT2D eigenvalue weighted by atomic mass is 10.2. The molecule has 0 radical (unpaired) electrons. The number of rotatable bonds is 12. The van der Waals surface area contributed by atoms with E-state index in [1.165, 1.54) is 25.3 Å². The number of carbonyl (C=O) groups excluding carboxylic acids is 2. The molecule has 0 bridgehead atoms. The van der Waals surface area contributed by atoms with Crippen LogP contribution in [-0.4, -0.2) is 62.2 Å². The van der Waals surface area contributed by atoms with E-state index in [2.05, 4.69) is 27.4 Å². The van der Waals surface area contributed by atoms with Crippen LogP contribution in [0, 0.1) is 0 Å². The molecule has 1 atom stereocenters. The second-order valence-electron chi connectivity index (χ2n) is 7.40. The first-order valence-electron chi connectivity index (χ1n) is 10.7. The van der Waals surface area contributed by atoms with Crippen molar-refractivity contribution >= 4 is 35.2 Å². The molecule has 188 valence electrons. The lowest BCUT2D eigenvalue weighted by molar-refractivity contribution is -0.113. The number of carboxylic acid groups (broad SMARTS) is 1. The Hall–Kier alpha value is -4.16. The van der Waals surface area contributed by atoms with Gasteiger partial charge in [0.25, 0.3) is 5.91 Å². The topological polar surface area (TPSA) is 156 Å². The van der Waals surface area contributed by atoms with Gasteiger partial charge in [0.2, 0.25) is 5.91 Å². The fourth-order valence-electron chi connectivity index (χ4n) is 3.20. The van der Waals surface area contributed by atoms with E-state index in [0.717, 1.165) is 11.8 Å². The van der Waals surface area contributed by atoms with Crippen LogP contribution in [0.1, 0.15) is 32.6 Å². The Labute approximate surface area is 211 Å². The van der Waals surface area contributed by atoms with Crippen LogP contribution < -0.4 is 15.4 Å². The number of aromatic carboxylic acids is 1. The van der Waals surface area contributed by atoms with Crippen LogP contribution in [0.2, 0.25) is 0 Å². The molecule has 3 aromatic rings. The summed E-state index contributed by atoms with van der Waals surface area (Å²) in [5.74, 6) is -1.00. The number of nitrogens with zero attached hydrogens (tertiary/aromatic N) is 3. The molecule has 3 rings (SSSR count). The Morgan fingerprint density at radius 1 is 1.17 bits per heavy atom.